The fourth-order valence-corrected chi connectivity index (χ4v) is 2.75. The van der Waals surface area contributed by atoms with Crippen molar-refractivity contribution in [1.29, 1.82) is 0 Å². The Balaban J connectivity index is 2.07. The smallest absolute Gasteiger partial charge is 0.280 e. The molecule has 0 fully saturated rings. The van der Waals surface area contributed by atoms with Crippen LogP contribution in [-0.4, -0.2) is 14.8 Å². The Bertz CT molecular complexity index is 1060. The number of aromatic amines is 1. The lowest BCUT2D eigenvalue weighted by atomic mass is 10.1. The van der Waals surface area contributed by atoms with Crippen molar-refractivity contribution in [1.82, 2.24) is 14.8 Å². The number of hydrogen-bond donors (Lipinski definition) is 1. The maximum atomic E-state index is 12.6. The molecule has 108 valence electrons. The molecule has 0 bridgehead atoms. The Hall–Kier alpha value is -2.88. The first-order valence-corrected chi connectivity index (χ1v) is 7.20. The van der Waals surface area contributed by atoms with Crippen LogP contribution >= 0.6 is 0 Å². The van der Waals surface area contributed by atoms with Crippen LogP contribution in [0.2, 0.25) is 0 Å². The fraction of sp³-hybridized carbons (Fsp3) is 0.111. The van der Waals surface area contributed by atoms with Gasteiger partial charge in [-0.25, -0.2) is 4.68 Å². The Kier molecular flexibility index (Phi) is 2.66. The van der Waals surface area contributed by atoms with E-state index in [1.54, 1.807) is 10.9 Å². The highest BCUT2D eigenvalue weighted by Crippen LogP contribution is 2.22. The summed E-state index contributed by atoms with van der Waals surface area (Å²) in [7, 11) is 0. The first-order valence-electron chi connectivity index (χ1n) is 7.20. The molecule has 4 nitrogen and oxygen atoms in total. The number of pyridine rings is 1. The van der Waals surface area contributed by atoms with Crippen molar-refractivity contribution >= 4 is 21.8 Å². The summed E-state index contributed by atoms with van der Waals surface area (Å²) in [5.41, 5.74) is 4.78. The molecule has 4 aromatic rings. The van der Waals surface area contributed by atoms with Crippen molar-refractivity contribution in [3.63, 3.8) is 0 Å². The largest absolute Gasteiger partial charge is 0.290 e. The van der Waals surface area contributed by atoms with Crippen LogP contribution in [0.15, 0.2) is 53.5 Å². The topological polar surface area (TPSA) is 50.7 Å². The predicted molar refractivity (Wildman–Crippen MR) is 88.7 cm³/mol. The van der Waals surface area contributed by atoms with Crippen molar-refractivity contribution < 1.29 is 0 Å². The molecule has 0 atom stereocenters. The third kappa shape index (κ3) is 1.84. The molecule has 0 aliphatic rings. The number of aryl methyl sites for hydroxylation is 2. The summed E-state index contributed by atoms with van der Waals surface area (Å²) in [6.07, 6.45) is 1.65. The fourth-order valence-electron chi connectivity index (χ4n) is 2.75. The van der Waals surface area contributed by atoms with Gasteiger partial charge in [0.15, 0.2) is 0 Å². The second kappa shape index (κ2) is 4.56. The van der Waals surface area contributed by atoms with Crippen molar-refractivity contribution in [3.05, 3.63) is 70.1 Å². The van der Waals surface area contributed by atoms with Crippen molar-refractivity contribution in [3.8, 4) is 5.69 Å². The second-order valence-electron chi connectivity index (χ2n) is 5.66. The third-order valence-corrected chi connectivity index (χ3v) is 3.97. The van der Waals surface area contributed by atoms with Crippen LogP contribution in [0.5, 0.6) is 0 Å². The Morgan fingerprint density at radius 2 is 1.68 bits per heavy atom. The lowest BCUT2D eigenvalue weighted by molar-refractivity contribution is 0.864. The quantitative estimate of drug-likeness (QED) is 0.583. The monoisotopic (exact) mass is 289 g/mol. The van der Waals surface area contributed by atoms with Crippen LogP contribution in [0.3, 0.4) is 0 Å². The van der Waals surface area contributed by atoms with E-state index < -0.39 is 0 Å². The van der Waals surface area contributed by atoms with E-state index in [0.29, 0.717) is 5.39 Å². The summed E-state index contributed by atoms with van der Waals surface area (Å²) in [5, 5.41) is 4.82. The van der Waals surface area contributed by atoms with Gasteiger partial charge < -0.3 is 0 Å². The van der Waals surface area contributed by atoms with Crippen LogP contribution in [-0.2, 0) is 0 Å². The maximum absolute atomic E-state index is 12.6. The molecule has 2 aromatic heterocycles. The molecule has 2 aromatic carbocycles. The molecule has 0 saturated heterocycles. The van der Waals surface area contributed by atoms with Crippen molar-refractivity contribution in [2.24, 2.45) is 0 Å². The molecule has 0 aliphatic carbocycles. The van der Waals surface area contributed by atoms with Crippen molar-refractivity contribution in [2.45, 2.75) is 13.8 Å². The standard InChI is InChI=1S/C18H15N3O/c1-11-3-6-13(7-4-11)21-18(22)15-10-19-16-8-5-12(2)9-14(16)17(15)20-21/h3-10,20H,1-2H3. The van der Waals surface area contributed by atoms with Crippen LogP contribution in [0, 0.1) is 13.8 Å². The summed E-state index contributed by atoms with van der Waals surface area (Å²) in [5.74, 6) is 0. The molecule has 2 heterocycles. The zero-order chi connectivity index (χ0) is 15.3. The van der Waals surface area contributed by atoms with Crippen LogP contribution in [0.25, 0.3) is 27.5 Å². The first-order chi connectivity index (χ1) is 10.6. The maximum Gasteiger partial charge on any atom is 0.280 e. The summed E-state index contributed by atoms with van der Waals surface area (Å²) in [6.45, 7) is 4.06. The minimum absolute atomic E-state index is 0.0743. The van der Waals surface area contributed by atoms with E-state index >= 15 is 0 Å². The number of benzene rings is 2. The van der Waals surface area contributed by atoms with E-state index in [-0.39, 0.29) is 5.56 Å². The molecule has 4 rings (SSSR count). The molecule has 0 amide bonds. The number of aromatic nitrogens is 3. The number of nitrogens with zero attached hydrogens (tertiary/aromatic N) is 2. The van der Waals surface area contributed by atoms with Gasteiger partial charge in [0.1, 0.15) is 0 Å². The van der Waals surface area contributed by atoms with E-state index in [1.807, 2.05) is 50.2 Å². The van der Waals surface area contributed by atoms with E-state index in [2.05, 4.69) is 16.1 Å². The Morgan fingerprint density at radius 1 is 0.955 bits per heavy atom. The van der Waals surface area contributed by atoms with Gasteiger partial charge in [-0.1, -0.05) is 29.3 Å². The van der Waals surface area contributed by atoms with E-state index in [9.17, 15) is 4.79 Å². The predicted octanol–water partition coefficient (Wildman–Crippen LogP) is 3.48. The summed E-state index contributed by atoms with van der Waals surface area (Å²) < 4.78 is 1.58. The number of H-pyrrole nitrogens is 1. The van der Waals surface area contributed by atoms with Gasteiger partial charge in [0.05, 0.1) is 22.1 Å². The van der Waals surface area contributed by atoms with Gasteiger partial charge in [-0.3, -0.25) is 14.9 Å². The van der Waals surface area contributed by atoms with Gasteiger partial charge in [0.2, 0.25) is 0 Å². The minimum Gasteiger partial charge on any atom is -0.290 e. The molecule has 0 unspecified atom stereocenters. The average Bonchev–Trinajstić information content (AvgIpc) is 2.86. The van der Waals surface area contributed by atoms with Gasteiger partial charge in [-0.05, 0) is 38.1 Å². The van der Waals surface area contributed by atoms with E-state index in [1.165, 1.54) is 0 Å². The zero-order valence-corrected chi connectivity index (χ0v) is 12.4. The highest BCUT2D eigenvalue weighted by molar-refractivity contribution is 6.02. The van der Waals surface area contributed by atoms with Crippen molar-refractivity contribution in [2.75, 3.05) is 0 Å². The molecule has 0 aliphatic heterocycles. The van der Waals surface area contributed by atoms with Crippen LogP contribution in [0.1, 0.15) is 11.1 Å². The Labute approximate surface area is 127 Å². The summed E-state index contributed by atoms with van der Waals surface area (Å²) in [4.78, 5) is 17.0. The van der Waals surface area contributed by atoms with Gasteiger partial charge in [-0.2, -0.15) is 0 Å². The van der Waals surface area contributed by atoms with Gasteiger partial charge in [0, 0.05) is 11.6 Å². The van der Waals surface area contributed by atoms with Gasteiger partial charge >= 0.3 is 0 Å². The molecule has 4 heteroatoms. The SMILES string of the molecule is Cc1ccc(-n2[nH]c3c(cnc4ccc(C)cc43)c2=O)cc1. The lowest BCUT2D eigenvalue weighted by Crippen LogP contribution is -2.14. The molecule has 0 saturated carbocycles. The number of hydrogen-bond acceptors (Lipinski definition) is 2. The Morgan fingerprint density at radius 3 is 2.45 bits per heavy atom. The summed E-state index contributed by atoms with van der Waals surface area (Å²) in [6, 6.07) is 13.9. The molecule has 22 heavy (non-hydrogen) atoms. The molecule has 1 N–H and O–H groups in total. The minimum atomic E-state index is -0.0743. The third-order valence-electron chi connectivity index (χ3n) is 3.97. The first kappa shape index (κ1) is 12.8. The van der Waals surface area contributed by atoms with E-state index in [0.717, 1.165) is 33.2 Å². The van der Waals surface area contributed by atoms with Gasteiger partial charge in [0.25, 0.3) is 5.56 Å². The molecule has 0 radical (unpaired) electrons. The lowest BCUT2D eigenvalue weighted by Gasteiger charge is -2.02. The average molecular weight is 289 g/mol. The number of nitrogens with one attached hydrogen (secondary N) is 1. The van der Waals surface area contributed by atoms with E-state index in [4.69, 9.17) is 0 Å². The highest BCUT2D eigenvalue weighted by Gasteiger charge is 2.11. The molecule has 0 spiro atoms. The summed E-state index contributed by atoms with van der Waals surface area (Å²) >= 11 is 0. The van der Waals surface area contributed by atoms with Crippen LogP contribution in [0.4, 0.5) is 0 Å². The van der Waals surface area contributed by atoms with Gasteiger partial charge in [-0.15, -0.1) is 0 Å². The highest BCUT2D eigenvalue weighted by atomic mass is 16.1. The normalized spacial score (nSPS) is 11.4. The molecular weight excluding hydrogens is 274 g/mol. The number of fused-ring (bicyclic) bond motifs is 3. The molecular formula is C18H15N3O. The zero-order valence-electron chi connectivity index (χ0n) is 12.4. The van der Waals surface area contributed by atoms with Crippen LogP contribution < -0.4 is 5.56 Å². The second-order valence-corrected chi connectivity index (χ2v) is 5.66. The number of rotatable bonds is 1.